The summed E-state index contributed by atoms with van der Waals surface area (Å²) in [6.45, 7) is 12.6. The standard InChI is InChI=1S/C15H26N2O/c1-6-11(3)9-17(7-2)15-14(10-18)12(4)8-13(5)16-15/h8,11,18H,6-7,9-10H2,1-5H3. The fraction of sp³-hybridized carbons (Fsp3) is 0.667. The molecule has 1 N–H and O–H groups in total. The molecule has 18 heavy (non-hydrogen) atoms. The van der Waals surface area contributed by atoms with E-state index in [-0.39, 0.29) is 6.61 Å². The Hall–Kier alpha value is -1.09. The van der Waals surface area contributed by atoms with Gasteiger partial charge in [0.2, 0.25) is 0 Å². The average molecular weight is 250 g/mol. The zero-order valence-electron chi connectivity index (χ0n) is 12.3. The Morgan fingerprint density at radius 2 is 2.00 bits per heavy atom. The summed E-state index contributed by atoms with van der Waals surface area (Å²) in [6.07, 6.45) is 1.16. The van der Waals surface area contributed by atoms with Gasteiger partial charge in [0.15, 0.2) is 0 Å². The van der Waals surface area contributed by atoms with Crippen LogP contribution in [0.15, 0.2) is 6.07 Å². The van der Waals surface area contributed by atoms with E-state index in [1.807, 2.05) is 19.9 Å². The van der Waals surface area contributed by atoms with Crippen molar-refractivity contribution in [1.29, 1.82) is 0 Å². The predicted octanol–water partition coefficient (Wildman–Crippen LogP) is 3.06. The van der Waals surface area contributed by atoms with Crippen LogP contribution in [0.3, 0.4) is 0 Å². The highest BCUT2D eigenvalue weighted by Crippen LogP contribution is 2.23. The zero-order chi connectivity index (χ0) is 13.7. The number of hydrogen-bond donors (Lipinski definition) is 1. The Balaban J connectivity index is 3.11. The highest BCUT2D eigenvalue weighted by molar-refractivity contribution is 5.51. The minimum absolute atomic E-state index is 0.0610. The molecule has 1 unspecified atom stereocenters. The highest BCUT2D eigenvalue weighted by atomic mass is 16.3. The Labute approximate surface area is 111 Å². The van der Waals surface area contributed by atoms with E-state index in [0.29, 0.717) is 5.92 Å². The number of rotatable bonds is 6. The third-order valence-electron chi connectivity index (χ3n) is 3.52. The maximum absolute atomic E-state index is 9.56. The first kappa shape index (κ1) is 15.0. The molecule has 3 heteroatoms. The third kappa shape index (κ3) is 3.45. The molecule has 1 rings (SSSR count). The number of aryl methyl sites for hydroxylation is 2. The summed E-state index contributed by atoms with van der Waals surface area (Å²) in [4.78, 5) is 6.91. The largest absolute Gasteiger partial charge is 0.392 e. The molecule has 1 atom stereocenters. The van der Waals surface area contributed by atoms with Crippen molar-refractivity contribution in [3.05, 3.63) is 22.9 Å². The number of nitrogens with zero attached hydrogens (tertiary/aromatic N) is 2. The van der Waals surface area contributed by atoms with Gasteiger partial charge in [0.1, 0.15) is 5.82 Å². The van der Waals surface area contributed by atoms with Gasteiger partial charge >= 0.3 is 0 Å². The molecule has 0 saturated carbocycles. The van der Waals surface area contributed by atoms with E-state index in [4.69, 9.17) is 0 Å². The molecule has 1 aromatic rings. The predicted molar refractivity (Wildman–Crippen MR) is 77.0 cm³/mol. The Bertz CT molecular complexity index is 390. The van der Waals surface area contributed by atoms with Gasteiger partial charge in [-0.05, 0) is 38.3 Å². The van der Waals surface area contributed by atoms with E-state index in [1.54, 1.807) is 0 Å². The van der Waals surface area contributed by atoms with Crippen LogP contribution in [0, 0.1) is 19.8 Å². The summed E-state index contributed by atoms with van der Waals surface area (Å²) in [5.74, 6) is 1.59. The summed E-state index contributed by atoms with van der Waals surface area (Å²) in [7, 11) is 0. The molecule has 102 valence electrons. The summed E-state index contributed by atoms with van der Waals surface area (Å²) in [5.41, 5.74) is 3.11. The normalized spacial score (nSPS) is 12.6. The molecule has 0 spiro atoms. The summed E-state index contributed by atoms with van der Waals surface area (Å²) >= 11 is 0. The lowest BCUT2D eigenvalue weighted by atomic mass is 10.1. The molecule has 0 aromatic carbocycles. The third-order valence-corrected chi connectivity index (χ3v) is 3.52. The van der Waals surface area contributed by atoms with Crippen LogP contribution >= 0.6 is 0 Å². The van der Waals surface area contributed by atoms with Gasteiger partial charge in [0, 0.05) is 24.3 Å². The van der Waals surface area contributed by atoms with Gasteiger partial charge in [-0.15, -0.1) is 0 Å². The van der Waals surface area contributed by atoms with Crippen LogP contribution in [0.5, 0.6) is 0 Å². The van der Waals surface area contributed by atoms with E-state index < -0.39 is 0 Å². The first-order valence-corrected chi connectivity index (χ1v) is 6.86. The van der Waals surface area contributed by atoms with Gasteiger partial charge in [-0.25, -0.2) is 4.98 Å². The molecule has 0 aliphatic heterocycles. The molecule has 1 aromatic heterocycles. The van der Waals surface area contributed by atoms with Crippen LogP contribution < -0.4 is 4.90 Å². The maximum atomic E-state index is 9.56. The van der Waals surface area contributed by atoms with Gasteiger partial charge in [-0.1, -0.05) is 20.3 Å². The molecule has 3 nitrogen and oxygen atoms in total. The van der Waals surface area contributed by atoms with Crippen LogP contribution in [0.4, 0.5) is 5.82 Å². The lowest BCUT2D eigenvalue weighted by Crippen LogP contribution is -2.30. The molecule has 0 aliphatic carbocycles. The van der Waals surface area contributed by atoms with Crippen molar-refractivity contribution in [2.24, 2.45) is 5.92 Å². The van der Waals surface area contributed by atoms with E-state index in [1.165, 1.54) is 0 Å². The molecule has 0 fully saturated rings. The first-order valence-electron chi connectivity index (χ1n) is 6.86. The van der Waals surface area contributed by atoms with Crippen LogP contribution in [-0.2, 0) is 6.61 Å². The maximum Gasteiger partial charge on any atom is 0.134 e. The van der Waals surface area contributed by atoms with E-state index >= 15 is 0 Å². The van der Waals surface area contributed by atoms with Crippen LogP contribution in [0.2, 0.25) is 0 Å². The monoisotopic (exact) mass is 250 g/mol. The number of aromatic nitrogens is 1. The van der Waals surface area contributed by atoms with Crippen molar-refractivity contribution in [3.63, 3.8) is 0 Å². The number of anilines is 1. The van der Waals surface area contributed by atoms with Gasteiger partial charge in [0.05, 0.1) is 6.61 Å². The second-order valence-corrected chi connectivity index (χ2v) is 5.09. The highest BCUT2D eigenvalue weighted by Gasteiger charge is 2.15. The number of aliphatic hydroxyl groups excluding tert-OH is 1. The Morgan fingerprint density at radius 1 is 1.33 bits per heavy atom. The van der Waals surface area contributed by atoms with E-state index in [2.05, 4.69) is 30.7 Å². The summed E-state index contributed by atoms with van der Waals surface area (Å²) < 4.78 is 0. The van der Waals surface area contributed by atoms with Crippen molar-refractivity contribution in [3.8, 4) is 0 Å². The average Bonchev–Trinajstić information content (AvgIpc) is 2.34. The topological polar surface area (TPSA) is 36.4 Å². The van der Waals surface area contributed by atoms with Gasteiger partial charge < -0.3 is 10.0 Å². The number of aliphatic hydroxyl groups is 1. The zero-order valence-corrected chi connectivity index (χ0v) is 12.3. The molecule has 0 saturated heterocycles. The Kier molecular flexibility index (Phi) is 5.60. The summed E-state index contributed by atoms with van der Waals surface area (Å²) in [6, 6.07) is 2.03. The second kappa shape index (κ2) is 6.74. The molecule has 0 bridgehead atoms. The molecular formula is C15H26N2O. The molecule has 0 amide bonds. The molecule has 0 radical (unpaired) electrons. The quantitative estimate of drug-likeness (QED) is 0.843. The first-order chi connectivity index (χ1) is 8.53. The van der Waals surface area contributed by atoms with E-state index in [0.717, 1.165) is 42.1 Å². The Morgan fingerprint density at radius 3 is 2.50 bits per heavy atom. The minimum Gasteiger partial charge on any atom is -0.392 e. The van der Waals surface area contributed by atoms with Crippen molar-refractivity contribution in [2.75, 3.05) is 18.0 Å². The van der Waals surface area contributed by atoms with Gasteiger partial charge in [-0.3, -0.25) is 0 Å². The second-order valence-electron chi connectivity index (χ2n) is 5.09. The van der Waals surface area contributed by atoms with Crippen LogP contribution in [0.1, 0.15) is 44.0 Å². The minimum atomic E-state index is 0.0610. The van der Waals surface area contributed by atoms with Crippen molar-refractivity contribution < 1.29 is 5.11 Å². The van der Waals surface area contributed by atoms with Crippen LogP contribution in [-0.4, -0.2) is 23.2 Å². The van der Waals surface area contributed by atoms with Crippen molar-refractivity contribution in [1.82, 2.24) is 4.98 Å². The van der Waals surface area contributed by atoms with Gasteiger partial charge in [0.25, 0.3) is 0 Å². The number of pyridine rings is 1. The molecular weight excluding hydrogens is 224 g/mol. The van der Waals surface area contributed by atoms with Crippen molar-refractivity contribution in [2.45, 2.75) is 47.6 Å². The molecule has 0 aliphatic rings. The SMILES string of the molecule is CCC(C)CN(CC)c1nc(C)cc(C)c1CO. The van der Waals surface area contributed by atoms with Gasteiger partial charge in [-0.2, -0.15) is 0 Å². The summed E-state index contributed by atoms with van der Waals surface area (Å²) in [5, 5.41) is 9.56. The smallest absolute Gasteiger partial charge is 0.134 e. The van der Waals surface area contributed by atoms with Crippen molar-refractivity contribution >= 4 is 5.82 Å². The fourth-order valence-electron chi connectivity index (χ4n) is 2.17. The lowest BCUT2D eigenvalue weighted by Gasteiger charge is -2.28. The number of hydrogen-bond acceptors (Lipinski definition) is 3. The van der Waals surface area contributed by atoms with Crippen LogP contribution in [0.25, 0.3) is 0 Å². The van der Waals surface area contributed by atoms with E-state index in [9.17, 15) is 5.11 Å². The molecule has 1 heterocycles. The lowest BCUT2D eigenvalue weighted by molar-refractivity contribution is 0.280. The fourth-order valence-corrected chi connectivity index (χ4v) is 2.17.